The minimum atomic E-state index is -0.644. The van der Waals surface area contributed by atoms with Crippen LogP contribution in [0.2, 0.25) is 0 Å². The van der Waals surface area contributed by atoms with Gasteiger partial charge >= 0.3 is 0 Å². The van der Waals surface area contributed by atoms with Crippen molar-refractivity contribution >= 4 is 18.5 Å². The molecule has 0 spiro atoms. The van der Waals surface area contributed by atoms with Crippen LogP contribution in [0.25, 0.3) is 0 Å². The van der Waals surface area contributed by atoms with Crippen molar-refractivity contribution in [2.24, 2.45) is 11.5 Å². The summed E-state index contributed by atoms with van der Waals surface area (Å²) in [6.45, 7) is 0. The Bertz CT molecular complexity index is 75.3. The molecule has 7 heavy (non-hydrogen) atoms. The molecule has 4 heteroatoms. The molecule has 0 saturated carbocycles. The summed E-state index contributed by atoms with van der Waals surface area (Å²) in [6.07, 6.45) is 0. The normalized spacial score (nSPS) is 13.4. The molecule has 42 valence electrons. The van der Waals surface area contributed by atoms with Crippen molar-refractivity contribution in [2.75, 3.05) is 5.75 Å². The van der Waals surface area contributed by atoms with Gasteiger partial charge in [-0.25, -0.2) is 0 Å². The Hall–Kier alpha value is -0.220. The average Bonchev–Trinajstić information content (AvgIpc) is 1.65. The summed E-state index contributed by atoms with van der Waals surface area (Å²) < 4.78 is 0. The number of carbonyl (C=O) groups is 1. The smallest absolute Gasteiger partial charge is 0.232 e. The van der Waals surface area contributed by atoms with Gasteiger partial charge in [0.1, 0.15) is 0 Å². The number of hydrogen-bond donors (Lipinski definition) is 2. The molecular weight excluding hydrogens is 112 g/mol. The van der Waals surface area contributed by atoms with E-state index in [4.69, 9.17) is 11.5 Å². The second kappa shape index (κ2) is 2.87. The van der Waals surface area contributed by atoms with Crippen LogP contribution in [0.5, 0.6) is 0 Å². The topological polar surface area (TPSA) is 69.1 Å². The zero-order valence-electron chi connectivity index (χ0n) is 3.76. The minimum Gasteiger partial charge on any atom is -0.791 e. The Kier molecular flexibility index (Phi) is 2.78. The molecule has 1 amide bonds. The molecule has 0 bridgehead atoms. The van der Waals surface area contributed by atoms with Gasteiger partial charge in [0.25, 0.3) is 0 Å². The first-order valence-corrected chi connectivity index (χ1v) is 2.39. The molecule has 0 rings (SSSR count). The molecule has 3 nitrogen and oxygen atoms in total. The fraction of sp³-hybridized carbons (Fsp3) is 0.667. The monoisotopic (exact) mass is 119 g/mol. The van der Waals surface area contributed by atoms with E-state index in [1.807, 2.05) is 0 Å². The van der Waals surface area contributed by atoms with Gasteiger partial charge in [-0.2, -0.15) is 5.75 Å². The number of hydrogen-bond acceptors (Lipinski definition) is 3. The Morgan fingerprint density at radius 2 is 2.29 bits per heavy atom. The summed E-state index contributed by atoms with van der Waals surface area (Å²) in [5, 5.41) is 0. The second-order valence-electron chi connectivity index (χ2n) is 1.18. The first kappa shape index (κ1) is 6.78. The summed E-state index contributed by atoms with van der Waals surface area (Å²) in [4.78, 5) is 9.96. The lowest BCUT2D eigenvalue weighted by atomic mass is 10.4. The quantitative estimate of drug-likeness (QED) is 0.428. The zero-order valence-corrected chi connectivity index (χ0v) is 4.57. The van der Waals surface area contributed by atoms with Crippen LogP contribution < -0.4 is 11.5 Å². The molecule has 0 saturated heterocycles. The highest BCUT2D eigenvalue weighted by atomic mass is 32.1. The van der Waals surface area contributed by atoms with Gasteiger partial charge in [-0.3, -0.25) is 4.79 Å². The molecular formula is C3H7N2OS-. The van der Waals surface area contributed by atoms with Gasteiger partial charge in [-0.05, 0) is 0 Å². The van der Waals surface area contributed by atoms with Crippen LogP contribution in [0.4, 0.5) is 0 Å². The van der Waals surface area contributed by atoms with Crippen molar-refractivity contribution < 1.29 is 4.79 Å². The summed E-state index contributed by atoms with van der Waals surface area (Å²) in [6, 6.07) is -0.644. The van der Waals surface area contributed by atoms with Crippen LogP contribution in [-0.4, -0.2) is 17.7 Å². The Labute approximate surface area is 47.5 Å². The predicted octanol–water partition coefficient (Wildman–Crippen LogP) is -1.65. The molecule has 0 heterocycles. The van der Waals surface area contributed by atoms with Crippen LogP contribution in [0.15, 0.2) is 0 Å². The fourth-order valence-electron chi connectivity index (χ4n) is 0.0821. The molecule has 0 radical (unpaired) electrons. The van der Waals surface area contributed by atoms with E-state index in [0.717, 1.165) is 0 Å². The average molecular weight is 119 g/mol. The molecule has 1 atom stereocenters. The minimum absolute atomic E-state index is 0.204. The zero-order chi connectivity index (χ0) is 5.86. The SMILES string of the molecule is NC(=O)[C@H](N)C[S-]. The third kappa shape index (κ3) is 2.47. The van der Waals surface area contributed by atoms with Gasteiger partial charge in [0, 0.05) is 0 Å². The van der Waals surface area contributed by atoms with E-state index in [2.05, 4.69) is 12.6 Å². The van der Waals surface area contributed by atoms with E-state index in [-0.39, 0.29) is 5.75 Å². The van der Waals surface area contributed by atoms with E-state index in [1.54, 1.807) is 0 Å². The van der Waals surface area contributed by atoms with E-state index in [1.165, 1.54) is 0 Å². The number of carbonyl (C=O) groups excluding carboxylic acids is 1. The van der Waals surface area contributed by atoms with Gasteiger partial charge in [-0.15, -0.1) is 0 Å². The van der Waals surface area contributed by atoms with Crippen molar-refractivity contribution in [3.63, 3.8) is 0 Å². The maximum absolute atomic E-state index is 9.96. The Balaban J connectivity index is 3.34. The summed E-state index contributed by atoms with van der Waals surface area (Å²) in [7, 11) is 0. The molecule has 0 aromatic heterocycles. The number of rotatable bonds is 2. The van der Waals surface area contributed by atoms with E-state index < -0.39 is 11.9 Å². The molecule has 0 unspecified atom stereocenters. The first-order valence-electron chi connectivity index (χ1n) is 1.81. The van der Waals surface area contributed by atoms with Gasteiger partial charge in [0.2, 0.25) is 5.91 Å². The highest BCUT2D eigenvalue weighted by Gasteiger charge is 1.98. The van der Waals surface area contributed by atoms with Crippen molar-refractivity contribution in [3.8, 4) is 0 Å². The molecule has 0 aromatic carbocycles. The van der Waals surface area contributed by atoms with Gasteiger partial charge < -0.3 is 24.1 Å². The van der Waals surface area contributed by atoms with Crippen molar-refractivity contribution in [1.82, 2.24) is 0 Å². The van der Waals surface area contributed by atoms with E-state index >= 15 is 0 Å². The number of primary amides is 1. The van der Waals surface area contributed by atoms with Crippen LogP contribution in [0.1, 0.15) is 0 Å². The van der Waals surface area contributed by atoms with Crippen molar-refractivity contribution in [1.29, 1.82) is 0 Å². The Morgan fingerprint density at radius 3 is 2.29 bits per heavy atom. The van der Waals surface area contributed by atoms with Gasteiger partial charge in [0.05, 0.1) is 6.04 Å². The van der Waals surface area contributed by atoms with Crippen LogP contribution in [0, 0.1) is 0 Å². The molecule has 0 aromatic rings. The maximum Gasteiger partial charge on any atom is 0.232 e. The lowest BCUT2D eigenvalue weighted by molar-refractivity contribution is -0.118. The van der Waals surface area contributed by atoms with E-state index in [9.17, 15) is 4.79 Å². The predicted molar refractivity (Wildman–Crippen MR) is 29.4 cm³/mol. The summed E-state index contributed by atoms with van der Waals surface area (Å²) in [5.41, 5.74) is 9.75. The molecule has 0 fully saturated rings. The molecule has 0 aliphatic heterocycles. The molecule has 4 N–H and O–H groups in total. The highest BCUT2D eigenvalue weighted by molar-refractivity contribution is 7.58. The van der Waals surface area contributed by atoms with Gasteiger partial charge in [0.15, 0.2) is 0 Å². The molecule has 0 aliphatic carbocycles. The second-order valence-corrected chi connectivity index (χ2v) is 1.51. The lowest BCUT2D eigenvalue weighted by Crippen LogP contribution is -2.38. The van der Waals surface area contributed by atoms with Crippen molar-refractivity contribution in [3.05, 3.63) is 0 Å². The first-order chi connectivity index (χ1) is 3.18. The number of nitrogens with two attached hydrogens (primary N) is 2. The van der Waals surface area contributed by atoms with Crippen molar-refractivity contribution in [2.45, 2.75) is 6.04 Å². The fourth-order valence-corrected chi connectivity index (χ4v) is 0.246. The summed E-state index contributed by atoms with van der Waals surface area (Å²) >= 11 is 4.43. The standard InChI is InChI=1S/C3H8N2OS/c4-2(1-7)3(5)6/h2,7H,1,4H2,(H2,5,6)/p-1/t2-/m1/s1. The Morgan fingerprint density at radius 1 is 1.86 bits per heavy atom. The lowest BCUT2D eigenvalue weighted by Gasteiger charge is -2.07. The maximum atomic E-state index is 9.96. The number of amides is 1. The summed E-state index contributed by atoms with van der Waals surface area (Å²) in [5.74, 6) is -0.329. The largest absolute Gasteiger partial charge is 0.791 e. The third-order valence-electron chi connectivity index (χ3n) is 0.545. The van der Waals surface area contributed by atoms with Crippen LogP contribution in [0.3, 0.4) is 0 Å². The third-order valence-corrected chi connectivity index (χ3v) is 0.904. The van der Waals surface area contributed by atoms with Crippen LogP contribution >= 0.6 is 0 Å². The highest BCUT2D eigenvalue weighted by Crippen LogP contribution is 1.69. The molecule has 0 aliphatic rings. The van der Waals surface area contributed by atoms with Gasteiger partial charge in [-0.1, -0.05) is 0 Å². The van der Waals surface area contributed by atoms with E-state index in [0.29, 0.717) is 0 Å². The van der Waals surface area contributed by atoms with Crippen LogP contribution in [-0.2, 0) is 17.4 Å².